The van der Waals surface area contributed by atoms with Gasteiger partial charge in [-0.3, -0.25) is 0 Å². The van der Waals surface area contributed by atoms with Crippen molar-refractivity contribution in [1.29, 1.82) is 5.26 Å². The van der Waals surface area contributed by atoms with Crippen molar-refractivity contribution in [3.05, 3.63) is 56.5 Å². The molecule has 22 heavy (non-hydrogen) atoms. The molecule has 0 saturated heterocycles. The van der Waals surface area contributed by atoms with Crippen LogP contribution in [0.15, 0.2) is 45.3 Å². The number of benzene rings is 2. The van der Waals surface area contributed by atoms with E-state index in [0.717, 1.165) is 4.47 Å². The minimum Gasteiger partial charge on any atom is -0.490 e. The molecule has 0 aliphatic rings. The highest BCUT2D eigenvalue weighted by molar-refractivity contribution is 9.10. The lowest BCUT2D eigenvalue weighted by atomic mass is 10.2. The number of hydrogen-bond acceptors (Lipinski definition) is 4. The summed E-state index contributed by atoms with van der Waals surface area (Å²) in [4.78, 5) is 12.2. The van der Waals surface area contributed by atoms with Crippen molar-refractivity contribution in [2.24, 2.45) is 0 Å². The predicted molar refractivity (Wildman–Crippen MR) is 89.1 cm³/mol. The monoisotopic (exact) mass is 423 g/mol. The van der Waals surface area contributed by atoms with Gasteiger partial charge in [-0.15, -0.1) is 0 Å². The zero-order chi connectivity index (χ0) is 16.1. The van der Waals surface area contributed by atoms with Crippen LogP contribution in [-0.4, -0.2) is 12.6 Å². The van der Waals surface area contributed by atoms with E-state index in [2.05, 4.69) is 31.9 Å². The van der Waals surface area contributed by atoms with Gasteiger partial charge in [-0.05, 0) is 53.2 Å². The van der Waals surface area contributed by atoms with Gasteiger partial charge in [-0.2, -0.15) is 5.26 Å². The average molecular weight is 425 g/mol. The SMILES string of the molecule is CCOc1cc(C#N)cc(Br)c1OC(=O)c1ccc(Br)cc1. The van der Waals surface area contributed by atoms with Gasteiger partial charge in [0.25, 0.3) is 0 Å². The summed E-state index contributed by atoms with van der Waals surface area (Å²) in [5.41, 5.74) is 0.834. The largest absolute Gasteiger partial charge is 0.490 e. The Balaban J connectivity index is 2.34. The maximum Gasteiger partial charge on any atom is 0.343 e. The number of ether oxygens (including phenoxy) is 2. The lowest BCUT2D eigenvalue weighted by Gasteiger charge is -2.12. The van der Waals surface area contributed by atoms with E-state index in [1.54, 1.807) is 36.4 Å². The number of nitriles is 1. The molecule has 0 aromatic heterocycles. The summed E-state index contributed by atoms with van der Waals surface area (Å²) in [6.07, 6.45) is 0. The molecule has 2 aromatic carbocycles. The van der Waals surface area contributed by atoms with Crippen molar-refractivity contribution < 1.29 is 14.3 Å². The summed E-state index contributed by atoms with van der Waals surface area (Å²) in [5, 5.41) is 8.99. The van der Waals surface area contributed by atoms with Crippen LogP contribution in [0.25, 0.3) is 0 Å². The molecule has 2 rings (SSSR count). The highest BCUT2D eigenvalue weighted by Crippen LogP contribution is 2.37. The first-order chi connectivity index (χ1) is 10.5. The quantitative estimate of drug-likeness (QED) is 0.527. The number of carbonyl (C=O) groups is 1. The van der Waals surface area contributed by atoms with Crippen molar-refractivity contribution in [3.63, 3.8) is 0 Å². The number of rotatable bonds is 4. The van der Waals surface area contributed by atoms with Gasteiger partial charge >= 0.3 is 5.97 Å². The van der Waals surface area contributed by atoms with Gasteiger partial charge in [0.05, 0.1) is 28.3 Å². The Labute approximate surface area is 144 Å². The Bertz CT molecular complexity index is 736. The normalized spacial score (nSPS) is 9.91. The molecule has 4 nitrogen and oxygen atoms in total. The molecule has 0 radical (unpaired) electrons. The summed E-state index contributed by atoms with van der Waals surface area (Å²) >= 11 is 6.62. The summed E-state index contributed by atoms with van der Waals surface area (Å²) in [6.45, 7) is 2.21. The number of esters is 1. The average Bonchev–Trinajstić information content (AvgIpc) is 2.51. The van der Waals surface area contributed by atoms with Crippen LogP contribution in [0, 0.1) is 11.3 Å². The van der Waals surface area contributed by atoms with Crippen molar-refractivity contribution >= 4 is 37.8 Å². The molecule has 0 amide bonds. The fourth-order valence-electron chi connectivity index (χ4n) is 1.73. The molecule has 0 bridgehead atoms. The fraction of sp³-hybridized carbons (Fsp3) is 0.125. The first-order valence-electron chi connectivity index (χ1n) is 6.39. The smallest absolute Gasteiger partial charge is 0.343 e. The van der Waals surface area contributed by atoms with E-state index in [0.29, 0.717) is 28.0 Å². The Morgan fingerprint density at radius 3 is 2.50 bits per heavy atom. The zero-order valence-electron chi connectivity index (χ0n) is 11.6. The molecule has 0 aliphatic carbocycles. The molecule has 112 valence electrons. The minimum atomic E-state index is -0.501. The highest BCUT2D eigenvalue weighted by Gasteiger charge is 2.17. The summed E-state index contributed by atoms with van der Waals surface area (Å²) < 4.78 is 12.2. The standard InChI is InChI=1S/C16H11Br2NO3/c1-2-21-14-8-10(9-19)7-13(18)15(14)22-16(20)11-3-5-12(17)6-4-11/h3-8H,2H2,1H3. The van der Waals surface area contributed by atoms with Crippen LogP contribution in [0.1, 0.15) is 22.8 Å². The van der Waals surface area contributed by atoms with Gasteiger partial charge in [-0.1, -0.05) is 15.9 Å². The van der Waals surface area contributed by atoms with Crippen LogP contribution in [-0.2, 0) is 0 Å². The van der Waals surface area contributed by atoms with Crippen LogP contribution < -0.4 is 9.47 Å². The molecule has 0 aliphatic heterocycles. The fourth-order valence-corrected chi connectivity index (χ4v) is 2.52. The Morgan fingerprint density at radius 1 is 1.23 bits per heavy atom. The third-order valence-electron chi connectivity index (χ3n) is 2.71. The molecule has 0 atom stereocenters. The van der Waals surface area contributed by atoms with Crippen molar-refractivity contribution in [2.45, 2.75) is 6.92 Å². The number of halogens is 2. The van der Waals surface area contributed by atoms with E-state index in [1.165, 1.54) is 0 Å². The zero-order valence-corrected chi connectivity index (χ0v) is 14.8. The van der Waals surface area contributed by atoms with E-state index >= 15 is 0 Å². The van der Waals surface area contributed by atoms with Gasteiger partial charge in [0.15, 0.2) is 11.5 Å². The molecule has 2 aromatic rings. The molecular weight excluding hydrogens is 414 g/mol. The molecule has 0 heterocycles. The van der Waals surface area contributed by atoms with Gasteiger partial charge in [0, 0.05) is 10.5 Å². The minimum absolute atomic E-state index is 0.258. The summed E-state index contributed by atoms with van der Waals surface area (Å²) in [7, 11) is 0. The second-order valence-corrected chi connectivity index (χ2v) is 6.00. The van der Waals surface area contributed by atoms with Crippen LogP contribution in [0.5, 0.6) is 11.5 Å². The first-order valence-corrected chi connectivity index (χ1v) is 7.98. The van der Waals surface area contributed by atoms with Gasteiger partial charge in [-0.25, -0.2) is 4.79 Å². The van der Waals surface area contributed by atoms with Crippen LogP contribution in [0.4, 0.5) is 0 Å². The van der Waals surface area contributed by atoms with Crippen molar-refractivity contribution in [1.82, 2.24) is 0 Å². The number of nitrogens with zero attached hydrogens (tertiary/aromatic N) is 1. The lowest BCUT2D eigenvalue weighted by molar-refractivity contribution is 0.0727. The van der Waals surface area contributed by atoms with E-state index < -0.39 is 5.97 Å². The van der Waals surface area contributed by atoms with E-state index in [-0.39, 0.29) is 5.75 Å². The molecule has 0 fully saturated rings. The second kappa shape index (κ2) is 7.43. The van der Waals surface area contributed by atoms with Crippen LogP contribution in [0.2, 0.25) is 0 Å². The molecule has 0 saturated carbocycles. The molecule has 0 unspecified atom stereocenters. The molecule has 6 heteroatoms. The van der Waals surface area contributed by atoms with E-state index in [9.17, 15) is 4.79 Å². The van der Waals surface area contributed by atoms with Gasteiger partial charge in [0.1, 0.15) is 0 Å². The third kappa shape index (κ3) is 3.87. The van der Waals surface area contributed by atoms with Crippen LogP contribution >= 0.6 is 31.9 Å². The third-order valence-corrected chi connectivity index (χ3v) is 3.83. The van der Waals surface area contributed by atoms with E-state index in [1.807, 2.05) is 13.0 Å². The Hall–Kier alpha value is -1.84. The predicted octanol–water partition coefficient (Wildman–Crippen LogP) is 4.70. The van der Waals surface area contributed by atoms with Crippen molar-refractivity contribution in [2.75, 3.05) is 6.61 Å². The highest BCUT2D eigenvalue weighted by atomic mass is 79.9. The first kappa shape index (κ1) is 16.5. The second-order valence-electron chi connectivity index (χ2n) is 4.23. The maximum absolute atomic E-state index is 12.2. The summed E-state index contributed by atoms with van der Waals surface area (Å²) in [5.74, 6) is 0.103. The van der Waals surface area contributed by atoms with Gasteiger partial charge in [0.2, 0.25) is 0 Å². The Morgan fingerprint density at radius 2 is 1.91 bits per heavy atom. The number of carbonyl (C=O) groups excluding carboxylic acids is 1. The van der Waals surface area contributed by atoms with Crippen molar-refractivity contribution in [3.8, 4) is 17.6 Å². The topological polar surface area (TPSA) is 59.3 Å². The molecule has 0 spiro atoms. The Kier molecular flexibility index (Phi) is 5.58. The van der Waals surface area contributed by atoms with Gasteiger partial charge < -0.3 is 9.47 Å². The lowest BCUT2D eigenvalue weighted by Crippen LogP contribution is -2.10. The van der Waals surface area contributed by atoms with Crippen LogP contribution in [0.3, 0.4) is 0 Å². The maximum atomic E-state index is 12.2. The molecular formula is C16H11Br2NO3. The van der Waals surface area contributed by atoms with E-state index in [4.69, 9.17) is 14.7 Å². The molecule has 0 N–H and O–H groups in total. The summed E-state index contributed by atoms with van der Waals surface area (Å²) in [6, 6.07) is 12.0. The number of hydrogen-bond donors (Lipinski definition) is 0.